The monoisotopic (exact) mass is 380 g/mol. The fourth-order valence-electron chi connectivity index (χ4n) is 3.86. The van der Waals surface area contributed by atoms with Gasteiger partial charge in [-0.1, -0.05) is 6.07 Å². The van der Waals surface area contributed by atoms with Crippen LogP contribution in [0.5, 0.6) is 0 Å². The highest BCUT2D eigenvalue weighted by atomic mass is 16.1. The van der Waals surface area contributed by atoms with Gasteiger partial charge < -0.3 is 9.80 Å². The lowest BCUT2D eigenvalue weighted by molar-refractivity contribution is -0.740. The number of carbonyl (C=O) groups is 2. The molecule has 1 aliphatic carbocycles. The van der Waals surface area contributed by atoms with Gasteiger partial charge in [-0.25, -0.2) is 10.4 Å². The van der Waals surface area contributed by atoms with Gasteiger partial charge in [-0.2, -0.15) is 0 Å². The number of allylic oxidation sites excluding steroid dienone is 2. The maximum atomic E-state index is 12.7. The van der Waals surface area contributed by atoms with Crippen molar-refractivity contribution in [3.05, 3.63) is 47.6 Å². The Labute approximate surface area is 162 Å². The zero-order chi connectivity index (χ0) is 19.3. The average molecular weight is 380 g/mol. The van der Waals surface area contributed by atoms with Crippen LogP contribution in [0.2, 0.25) is 0 Å². The summed E-state index contributed by atoms with van der Waals surface area (Å²) in [6, 6.07) is 6.11. The average Bonchev–Trinajstić information content (AvgIpc) is 3.50. The Kier molecular flexibility index (Phi) is 3.88. The number of pyridine rings is 1. The minimum Gasteiger partial charge on any atom is -0.365 e. The van der Waals surface area contributed by atoms with E-state index in [-0.39, 0.29) is 23.3 Å². The molecule has 0 amide bonds. The molecule has 9 nitrogen and oxygen atoms in total. The summed E-state index contributed by atoms with van der Waals surface area (Å²) in [5.74, 6) is 0.635. The van der Waals surface area contributed by atoms with Gasteiger partial charge in [-0.05, 0) is 34.6 Å². The van der Waals surface area contributed by atoms with Crippen molar-refractivity contribution in [2.45, 2.75) is 18.9 Å². The topological polar surface area (TPSA) is 87.0 Å². The Morgan fingerprint density at radius 1 is 1.11 bits per heavy atom. The van der Waals surface area contributed by atoms with E-state index in [1.807, 2.05) is 23.1 Å². The quantitative estimate of drug-likeness (QED) is 0.585. The number of anilines is 1. The van der Waals surface area contributed by atoms with Crippen LogP contribution in [0.3, 0.4) is 0 Å². The second kappa shape index (κ2) is 6.43. The molecule has 5 rings (SSSR count). The molecule has 1 N–H and O–H groups in total. The molecule has 3 aliphatic rings. The second-order valence-corrected chi connectivity index (χ2v) is 7.39. The summed E-state index contributed by atoms with van der Waals surface area (Å²) in [4.78, 5) is 37.2. The molecule has 0 bridgehead atoms. The molecule has 2 aliphatic heterocycles. The zero-order valence-corrected chi connectivity index (χ0v) is 15.7. The molecule has 28 heavy (non-hydrogen) atoms. The number of aryl methyl sites for hydroxylation is 1. The lowest BCUT2D eigenvalue weighted by Crippen LogP contribution is -2.60. The smallest absolute Gasteiger partial charge is 0.305 e. The standard InChI is InChI=1S/C19H21N7O2/c1-23-22-17-18(15(27)12-14(19(17)28)24-10-11-24)26(23)21-13-5-8-25(9-6-13)16-4-2-3-7-20-16/h2-4,7,12-13H,5-6,8-11H2,1H3/p+1. The van der Waals surface area contributed by atoms with Crippen molar-refractivity contribution in [2.24, 2.45) is 7.05 Å². The number of ketones is 2. The van der Waals surface area contributed by atoms with Crippen molar-refractivity contribution < 1.29 is 14.4 Å². The summed E-state index contributed by atoms with van der Waals surface area (Å²) in [6.07, 6.45) is 5.06. The Morgan fingerprint density at radius 3 is 2.57 bits per heavy atom. The first kappa shape index (κ1) is 16.9. The van der Waals surface area contributed by atoms with Crippen LogP contribution in [0.4, 0.5) is 5.82 Å². The van der Waals surface area contributed by atoms with Gasteiger partial charge in [0.15, 0.2) is 0 Å². The molecule has 2 fully saturated rings. The van der Waals surface area contributed by atoms with Crippen molar-refractivity contribution in [2.75, 3.05) is 36.5 Å². The Hall–Kier alpha value is -3.23. The van der Waals surface area contributed by atoms with Crippen molar-refractivity contribution in [1.82, 2.24) is 19.8 Å². The maximum absolute atomic E-state index is 12.7. The van der Waals surface area contributed by atoms with Crippen molar-refractivity contribution >= 4 is 17.4 Å². The first-order chi connectivity index (χ1) is 13.6. The van der Waals surface area contributed by atoms with Gasteiger partial charge >= 0.3 is 5.69 Å². The Balaban J connectivity index is 1.32. The Bertz CT molecular complexity index is 970. The van der Waals surface area contributed by atoms with Crippen LogP contribution >= 0.6 is 0 Å². The van der Waals surface area contributed by atoms with E-state index in [4.69, 9.17) is 0 Å². The van der Waals surface area contributed by atoms with E-state index >= 15 is 0 Å². The maximum Gasteiger partial charge on any atom is 0.305 e. The molecule has 2 aromatic heterocycles. The molecule has 144 valence electrons. The van der Waals surface area contributed by atoms with Crippen LogP contribution in [0.1, 0.15) is 33.8 Å². The van der Waals surface area contributed by atoms with Crippen LogP contribution in [0.15, 0.2) is 36.2 Å². The molecule has 2 aromatic rings. The fraction of sp³-hybridized carbons (Fsp3) is 0.421. The van der Waals surface area contributed by atoms with Crippen molar-refractivity contribution in [1.29, 1.82) is 0 Å². The molecule has 0 spiro atoms. The van der Waals surface area contributed by atoms with Crippen LogP contribution in [-0.2, 0) is 7.05 Å². The molecule has 9 heteroatoms. The van der Waals surface area contributed by atoms with E-state index in [1.165, 1.54) is 6.08 Å². The predicted molar refractivity (Wildman–Crippen MR) is 101 cm³/mol. The molecule has 0 radical (unpaired) electrons. The molecule has 0 atom stereocenters. The summed E-state index contributed by atoms with van der Waals surface area (Å²) >= 11 is 0. The first-order valence-corrected chi connectivity index (χ1v) is 9.59. The number of Topliss-reactive ketones (excluding diaryl/α,β-unsaturated/α-hetero) is 1. The van der Waals surface area contributed by atoms with E-state index in [0.29, 0.717) is 11.4 Å². The number of carbonyl (C=O) groups excluding carboxylic acids is 2. The van der Waals surface area contributed by atoms with Crippen molar-refractivity contribution in [3.8, 4) is 0 Å². The summed E-state index contributed by atoms with van der Waals surface area (Å²) in [5.41, 5.74) is 4.41. The van der Waals surface area contributed by atoms with Gasteiger partial charge in [0.2, 0.25) is 5.78 Å². The van der Waals surface area contributed by atoms with E-state index in [0.717, 1.165) is 44.8 Å². The minimum absolute atomic E-state index is 0.173. The Morgan fingerprint density at radius 2 is 1.89 bits per heavy atom. The third-order valence-corrected chi connectivity index (χ3v) is 5.48. The molecule has 0 aromatic carbocycles. The van der Waals surface area contributed by atoms with Gasteiger partial charge in [0.25, 0.3) is 11.5 Å². The number of nitrogens with one attached hydrogen (secondary N) is 1. The molecule has 0 unspecified atom stereocenters. The lowest BCUT2D eigenvalue weighted by atomic mass is 10.0. The molecule has 4 heterocycles. The van der Waals surface area contributed by atoms with Crippen LogP contribution in [0.25, 0.3) is 0 Å². The number of fused-ring (bicyclic) bond motifs is 1. The SMILES string of the molecule is Cn1nc2c([n+]1NC1CCN(c3ccccn3)CC1)C(=O)C=C(N1CC1)C2=O. The number of nitrogens with zero attached hydrogens (tertiary/aromatic N) is 6. The highest BCUT2D eigenvalue weighted by Crippen LogP contribution is 2.24. The third-order valence-electron chi connectivity index (χ3n) is 5.48. The summed E-state index contributed by atoms with van der Waals surface area (Å²) in [5, 5.41) is 4.33. The van der Waals surface area contributed by atoms with Gasteiger partial charge in [-0.3, -0.25) is 9.59 Å². The van der Waals surface area contributed by atoms with E-state index in [2.05, 4.69) is 20.4 Å². The summed E-state index contributed by atoms with van der Waals surface area (Å²) in [6.45, 7) is 3.39. The minimum atomic E-state index is -0.178. The first-order valence-electron chi connectivity index (χ1n) is 9.59. The van der Waals surface area contributed by atoms with Crippen LogP contribution in [-0.4, -0.2) is 63.6 Å². The lowest BCUT2D eigenvalue weighted by Gasteiger charge is -2.32. The molecular formula is C19H22N7O2+. The number of hydrogen-bond donors (Lipinski definition) is 1. The number of piperidine rings is 1. The van der Waals surface area contributed by atoms with Gasteiger partial charge in [-0.15, -0.1) is 0 Å². The van der Waals surface area contributed by atoms with E-state index in [9.17, 15) is 9.59 Å². The van der Waals surface area contributed by atoms with Crippen molar-refractivity contribution in [3.63, 3.8) is 0 Å². The molecular weight excluding hydrogens is 358 g/mol. The number of aromatic nitrogens is 4. The third kappa shape index (κ3) is 2.83. The van der Waals surface area contributed by atoms with Gasteiger partial charge in [0.1, 0.15) is 5.82 Å². The number of rotatable bonds is 4. The molecule has 2 saturated heterocycles. The summed E-state index contributed by atoms with van der Waals surface area (Å²) in [7, 11) is 1.74. The number of hydrogen-bond acceptors (Lipinski definition) is 7. The van der Waals surface area contributed by atoms with E-state index in [1.54, 1.807) is 22.8 Å². The van der Waals surface area contributed by atoms with Crippen LogP contribution in [0, 0.1) is 0 Å². The fourth-order valence-corrected chi connectivity index (χ4v) is 3.86. The van der Waals surface area contributed by atoms with Crippen LogP contribution < -0.4 is 15.1 Å². The highest BCUT2D eigenvalue weighted by molar-refractivity contribution is 6.22. The molecule has 0 saturated carbocycles. The predicted octanol–water partition coefficient (Wildman–Crippen LogP) is -0.106. The largest absolute Gasteiger partial charge is 0.365 e. The van der Waals surface area contributed by atoms with Gasteiger partial charge in [0.05, 0.1) is 23.9 Å². The zero-order valence-electron chi connectivity index (χ0n) is 15.7. The summed E-state index contributed by atoms with van der Waals surface area (Å²) < 4.78 is 0. The normalized spacial score (nSPS) is 19.5. The van der Waals surface area contributed by atoms with Gasteiger partial charge in [0, 0.05) is 38.5 Å². The van der Waals surface area contributed by atoms with E-state index < -0.39 is 0 Å². The highest BCUT2D eigenvalue weighted by Gasteiger charge is 2.44. The second-order valence-electron chi connectivity index (χ2n) is 7.39.